The quantitative estimate of drug-likeness (QED) is 0.317. The average molecular weight is 443 g/mol. The summed E-state index contributed by atoms with van der Waals surface area (Å²) in [5, 5.41) is 10.9. The van der Waals surface area contributed by atoms with Crippen LogP contribution >= 0.6 is 11.8 Å². The number of fused-ring (bicyclic) bond motifs is 1. The van der Waals surface area contributed by atoms with Gasteiger partial charge in [0.25, 0.3) is 0 Å². The lowest BCUT2D eigenvalue weighted by Crippen LogP contribution is -2.60. The van der Waals surface area contributed by atoms with Crippen LogP contribution in [0.5, 0.6) is 0 Å². The van der Waals surface area contributed by atoms with Crippen molar-refractivity contribution in [1.29, 1.82) is 0 Å². The molecule has 2 fully saturated rings. The zero-order chi connectivity index (χ0) is 22.8. The maximum Gasteiger partial charge on any atom is 0.227 e. The average Bonchev–Trinajstić information content (AvgIpc) is 2.93. The number of carbonyl (C=O) groups is 2. The Morgan fingerprint density at radius 3 is 1.63 bits per heavy atom. The smallest absolute Gasteiger partial charge is 0.227 e. The largest absolute Gasteiger partial charge is 0.548 e. The Hall–Kier alpha value is -0.750. The Bertz CT molecular complexity index is 501. The minimum Gasteiger partial charge on any atom is -0.548 e. The van der Waals surface area contributed by atoms with Crippen LogP contribution in [0.1, 0.15) is 99.3 Å². The number of quaternary nitrogens is 1. The SMILES string of the molecule is CC1(C)SC2CC(=O)N2C1C(=O)[O-].CCCC[N+](CCCC)(CCCC)CCCC. The van der Waals surface area contributed by atoms with Gasteiger partial charge in [-0.15, -0.1) is 11.8 Å². The van der Waals surface area contributed by atoms with Crippen molar-refractivity contribution in [3.8, 4) is 0 Å². The van der Waals surface area contributed by atoms with Crippen molar-refractivity contribution in [1.82, 2.24) is 4.90 Å². The van der Waals surface area contributed by atoms with Crippen molar-refractivity contribution in [2.75, 3.05) is 26.2 Å². The van der Waals surface area contributed by atoms with Gasteiger partial charge in [-0.05, 0) is 39.5 Å². The number of amides is 1. The molecular weight excluding hydrogens is 396 g/mol. The van der Waals surface area contributed by atoms with E-state index in [-0.39, 0.29) is 11.3 Å². The van der Waals surface area contributed by atoms with Gasteiger partial charge in [-0.1, -0.05) is 53.4 Å². The van der Waals surface area contributed by atoms with Crippen LogP contribution in [0.4, 0.5) is 0 Å². The molecule has 1 amide bonds. The summed E-state index contributed by atoms with van der Waals surface area (Å²) in [6.07, 6.45) is 11.5. The molecule has 0 aromatic carbocycles. The fourth-order valence-electron chi connectivity index (χ4n) is 4.60. The lowest BCUT2D eigenvalue weighted by Gasteiger charge is -2.39. The number of hydrogen-bond donors (Lipinski definition) is 0. The highest BCUT2D eigenvalue weighted by Gasteiger charge is 2.55. The zero-order valence-electron chi connectivity index (χ0n) is 20.4. The Balaban J connectivity index is 0.000000308. The highest BCUT2D eigenvalue weighted by molar-refractivity contribution is 8.01. The van der Waals surface area contributed by atoms with E-state index in [9.17, 15) is 14.7 Å². The second-order valence-electron chi connectivity index (χ2n) is 9.55. The summed E-state index contributed by atoms with van der Waals surface area (Å²) in [6, 6.07) is -0.760. The molecule has 0 aromatic rings. The predicted octanol–water partition coefficient (Wildman–Crippen LogP) is 4.19. The fourth-order valence-corrected chi connectivity index (χ4v) is 6.22. The molecule has 2 saturated heterocycles. The van der Waals surface area contributed by atoms with Crippen molar-refractivity contribution in [3.63, 3.8) is 0 Å². The van der Waals surface area contributed by atoms with Gasteiger partial charge in [0.2, 0.25) is 5.91 Å². The number of carboxylic acids is 1. The summed E-state index contributed by atoms with van der Waals surface area (Å²) >= 11 is 1.54. The van der Waals surface area contributed by atoms with E-state index in [1.165, 1.54) is 86.9 Å². The number of carbonyl (C=O) groups excluding carboxylic acids is 2. The monoisotopic (exact) mass is 442 g/mol. The van der Waals surface area contributed by atoms with Gasteiger partial charge in [0.15, 0.2) is 0 Å². The molecule has 0 aliphatic carbocycles. The summed E-state index contributed by atoms with van der Waals surface area (Å²) in [6.45, 7) is 18.7. The molecule has 30 heavy (non-hydrogen) atoms. The van der Waals surface area contributed by atoms with E-state index in [1.807, 2.05) is 13.8 Å². The predicted molar refractivity (Wildman–Crippen MR) is 125 cm³/mol. The molecule has 0 N–H and O–H groups in total. The third kappa shape index (κ3) is 7.44. The van der Waals surface area contributed by atoms with Crippen molar-refractivity contribution >= 4 is 23.6 Å². The number of carboxylic acid groups (broad SMARTS) is 1. The molecule has 2 atom stereocenters. The molecule has 176 valence electrons. The summed E-state index contributed by atoms with van der Waals surface area (Å²) in [5.74, 6) is -1.22. The molecule has 0 spiro atoms. The molecule has 2 rings (SSSR count). The van der Waals surface area contributed by atoms with Crippen LogP contribution in [0, 0.1) is 0 Å². The number of aliphatic carboxylic acids is 1. The van der Waals surface area contributed by atoms with Crippen molar-refractivity contribution in [2.24, 2.45) is 0 Å². The Labute approximate surface area is 189 Å². The van der Waals surface area contributed by atoms with E-state index >= 15 is 0 Å². The van der Waals surface area contributed by atoms with Crippen LogP contribution in [0.25, 0.3) is 0 Å². The molecule has 0 radical (unpaired) electrons. The van der Waals surface area contributed by atoms with Gasteiger partial charge >= 0.3 is 0 Å². The number of nitrogens with zero attached hydrogens (tertiary/aromatic N) is 2. The lowest BCUT2D eigenvalue weighted by molar-refractivity contribution is -0.929. The fraction of sp³-hybridized carbons (Fsp3) is 0.917. The van der Waals surface area contributed by atoms with Crippen molar-refractivity contribution in [2.45, 2.75) is 115 Å². The van der Waals surface area contributed by atoms with Crippen LogP contribution in [0.15, 0.2) is 0 Å². The van der Waals surface area contributed by atoms with E-state index in [2.05, 4.69) is 27.7 Å². The first-order valence-electron chi connectivity index (χ1n) is 12.2. The molecule has 0 saturated carbocycles. The standard InChI is InChI=1S/C16H36N.C8H11NO3S/c1-5-9-13-17(14-10-6-2,15-11-7-3)16-12-8-4;1-8(2)6(7(11)12)9-4(10)3-5(9)13-8/h5-16H2,1-4H3;5-6H,3H2,1-2H3,(H,11,12)/q+1;/p-1. The number of unbranched alkanes of at least 4 members (excludes halogenated alkanes) is 4. The molecule has 2 heterocycles. The van der Waals surface area contributed by atoms with Crippen LogP contribution in [0.3, 0.4) is 0 Å². The molecular formula is C24H46N2O3S. The Kier molecular flexibility index (Phi) is 11.8. The van der Waals surface area contributed by atoms with Gasteiger partial charge in [0, 0.05) is 4.75 Å². The van der Waals surface area contributed by atoms with E-state index in [4.69, 9.17) is 0 Å². The van der Waals surface area contributed by atoms with Gasteiger partial charge < -0.3 is 19.3 Å². The number of thioether (sulfide) groups is 1. The summed E-state index contributed by atoms with van der Waals surface area (Å²) < 4.78 is 0.999. The molecule has 6 heteroatoms. The number of hydrogen-bond acceptors (Lipinski definition) is 4. The minimum atomic E-state index is -1.15. The van der Waals surface area contributed by atoms with Gasteiger partial charge in [-0.25, -0.2) is 0 Å². The van der Waals surface area contributed by atoms with Gasteiger partial charge in [0.05, 0.1) is 50.0 Å². The van der Waals surface area contributed by atoms with Crippen molar-refractivity contribution in [3.05, 3.63) is 0 Å². The van der Waals surface area contributed by atoms with E-state index in [1.54, 1.807) is 11.8 Å². The maximum absolute atomic E-state index is 11.1. The highest BCUT2D eigenvalue weighted by atomic mass is 32.2. The van der Waals surface area contributed by atoms with E-state index in [0.717, 1.165) is 0 Å². The highest BCUT2D eigenvalue weighted by Crippen LogP contribution is 2.50. The van der Waals surface area contributed by atoms with Gasteiger partial charge in [0.1, 0.15) is 0 Å². The maximum atomic E-state index is 11.1. The molecule has 0 aromatic heterocycles. The second-order valence-corrected chi connectivity index (χ2v) is 11.4. The molecule has 0 bridgehead atoms. The third-order valence-electron chi connectivity index (χ3n) is 6.49. The van der Waals surface area contributed by atoms with Crippen LogP contribution < -0.4 is 5.11 Å². The van der Waals surface area contributed by atoms with Crippen LogP contribution in [-0.2, 0) is 9.59 Å². The van der Waals surface area contributed by atoms with Crippen molar-refractivity contribution < 1.29 is 19.2 Å². The van der Waals surface area contributed by atoms with E-state index in [0.29, 0.717) is 6.42 Å². The molecule has 2 unspecified atom stereocenters. The third-order valence-corrected chi connectivity index (χ3v) is 7.99. The first-order valence-corrected chi connectivity index (χ1v) is 13.1. The Morgan fingerprint density at radius 2 is 1.37 bits per heavy atom. The topological polar surface area (TPSA) is 60.4 Å². The van der Waals surface area contributed by atoms with Crippen LogP contribution in [0.2, 0.25) is 0 Å². The first kappa shape index (κ1) is 27.3. The Morgan fingerprint density at radius 1 is 0.967 bits per heavy atom. The van der Waals surface area contributed by atoms with Gasteiger partial charge in [-0.3, -0.25) is 4.79 Å². The lowest BCUT2D eigenvalue weighted by atomic mass is 9.98. The number of β-lactam (4-membered cyclic amide) rings is 1. The molecule has 5 nitrogen and oxygen atoms in total. The second kappa shape index (κ2) is 12.9. The normalized spacial score (nSPS) is 22.2. The molecule has 2 aliphatic heterocycles. The summed E-state index contributed by atoms with van der Waals surface area (Å²) in [7, 11) is 0. The summed E-state index contributed by atoms with van der Waals surface area (Å²) in [4.78, 5) is 23.4. The summed E-state index contributed by atoms with van der Waals surface area (Å²) in [5.41, 5.74) is 0. The number of rotatable bonds is 13. The first-order chi connectivity index (χ1) is 14.2. The molecule has 2 aliphatic rings. The van der Waals surface area contributed by atoms with Crippen LogP contribution in [-0.4, -0.2) is 63.6 Å². The van der Waals surface area contributed by atoms with Gasteiger partial charge in [-0.2, -0.15) is 0 Å². The zero-order valence-corrected chi connectivity index (χ0v) is 21.2. The van der Waals surface area contributed by atoms with E-state index < -0.39 is 16.8 Å². The minimum absolute atomic E-state index is 0.0606.